The van der Waals surface area contributed by atoms with Crippen LogP contribution in [0.15, 0.2) is 17.5 Å². The van der Waals surface area contributed by atoms with Crippen molar-refractivity contribution < 1.29 is 67.7 Å². The predicted octanol–water partition coefficient (Wildman–Crippen LogP) is -3.56. The smallest absolute Gasteiger partial charge is 0.303 e. The van der Waals surface area contributed by atoms with Crippen molar-refractivity contribution >= 4 is 88.7 Å². The standard InChI is InChI=1S/C52H88N16O14S/c1-8-28(4)41-50(81)66-36(23-31-25-56-26-59-31)48(79)65-37(24-38(53)70)49(80)64-35(22-27(2)3)44(75)57-19-12-10-9-11-15-39(71)67-42(30(6)69)51(82)63-33(16-17-40(72)73)47(78)61-32(14-13-20-58-52(54)55)46(77)62-34(18-21-83-7)45(76)60-29(5)43(74)68-41/h25-30,32-37,41-42,69H,8-24H2,1-7H3,(H2,53,70)(H,56,59)(H,57,75)(H,60,76)(H,61,78)(H,62,77)(H,63,82)(H,64,80)(H,65,79)(H,66,81)(H,67,71)(H,68,74)(H,72,73)(H4,54,55,58)/t28-,29-,30+,32-,33-,34-,35-,36-,37-,41-,42-/m0/s1. The quantitative estimate of drug-likeness (QED) is 0.0362. The number of primary amides is 1. The van der Waals surface area contributed by atoms with Gasteiger partial charge in [-0.25, -0.2) is 4.98 Å². The van der Waals surface area contributed by atoms with Crippen molar-refractivity contribution in [2.24, 2.45) is 34.0 Å². The summed E-state index contributed by atoms with van der Waals surface area (Å²) in [6.07, 6.45) is 2.91. The molecule has 0 aromatic carbocycles. The number of imidazole rings is 1. The molecule has 11 amide bonds. The number of carbonyl (C=O) groups excluding carboxylic acids is 11. The monoisotopic (exact) mass is 1190 g/mol. The molecular weight excluding hydrogens is 1100 g/mol. The van der Waals surface area contributed by atoms with Crippen molar-refractivity contribution in [1.29, 1.82) is 0 Å². The highest BCUT2D eigenvalue weighted by atomic mass is 32.2. The lowest BCUT2D eigenvalue weighted by Gasteiger charge is -2.29. The van der Waals surface area contributed by atoms with E-state index >= 15 is 0 Å². The zero-order valence-electron chi connectivity index (χ0n) is 48.4. The summed E-state index contributed by atoms with van der Waals surface area (Å²) < 4.78 is 0. The second-order valence-corrected chi connectivity index (χ2v) is 21.9. The number of aliphatic hydroxyl groups is 1. The Morgan fingerprint density at radius 1 is 0.675 bits per heavy atom. The molecular formula is C52H88N16O14S. The first-order valence-corrected chi connectivity index (χ1v) is 29.3. The Hall–Kier alpha value is -7.57. The third-order valence-corrected chi connectivity index (χ3v) is 14.0. The van der Waals surface area contributed by atoms with E-state index < -0.39 is 157 Å². The minimum atomic E-state index is -1.64. The van der Waals surface area contributed by atoms with Gasteiger partial charge in [-0.3, -0.25) is 62.5 Å². The van der Waals surface area contributed by atoms with Crippen LogP contribution >= 0.6 is 11.8 Å². The third kappa shape index (κ3) is 27.4. The Kier molecular flexibility index (Phi) is 32.3. The van der Waals surface area contributed by atoms with Gasteiger partial charge < -0.3 is 85.6 Å². The molecule has 0 unspecified atom stereocenters. The van der Waals surface area contributed by atoms with Crippen LogP contribution in [0, 0.1) is 11.8 Å². The van der Waals surface area contributed by atoms with E-state index in [0.29, 0.717) is 43.6 Å². The molecule has 0 saturated carbocycles. The van der Waals surface area contributed by atoms with E-state index in [4.69, 9.17) is 17.2 Å². The maximum absolute atomic E-state index is 14.3. The van der Waals surface area contributed by atoms with Crippen molar-refractivity contribution in [3.63, 3.8) is 0 Å². The van der Waals surface area contributed by atoms with Crippen molar-refractivity contribution in [2.45, 2.75) is 192 Å². The molecule has 466 valence electrons. The summed E-state index contributed by atoms with van der Waals surface area (Å²) in [4.78, 5) is 174. The fourth-order valence-corrected chi connectivity index (χ4v) is 8.95. The minimum absolute atomic E-state index is 0.001000. The van der Waals surface area contributed by atoms with E-state index in [1.807, 2.05) is 13.8 Å². The SMILES string of the molecule is CC[C@H](C)[C@@H]1NC(=O)[C@H](C)NC(=O)[C@H](CCSC)NC(=O)[C@H](CCCN=C(N)N)NC(=O)[C@H](CCC(=O)O)NC(=O)[C@H]([C@@H](C)O)NC(=O)CCCCCCNC(=O)[C@H](CC(C)C)NC(=O)[C@H](CC(N)=O)NC(=O)[C@H](Cc2cnc[nH]2)NC1=O. The molecule has 30 nitrogen and oxygen atoms in total. The minimum Gasteiger partial charge on any atom is -0.481 e. The van der Waals surface area contributed by atoms with Crippen molar-refractivity contribution in [3.8, 4) is 0 Å². The molecule has 2 rings (SSSR count). The Bertz CT molecular complexity index is 2370. The lowest BCUT2D eigenvalue weighted by atomic mass is 9.97. The molecule has 1 aliphatic rings. The number of guanidine groups is 1. The maximum Gasteiger partial charge on any atom is 0.303 e. The number of nitrogens with one attached hydrogen (secondary N) is 11. The second-order valence-electron chi connectivity index (χ2n) is 21.0. The van der Waals surface area contributed by atoms with E-state index in [0.717, 1.165) is 0 Å². The van der Waals surface area contributed by atoms with Crippen LogP contribution < -0.4 is 70.4 Å². The van der Waals surface area contributed by atoms with E-state index in [1.165, 1.54) is 38.1 Å². The van der Waals surface area contributed by atoms with Crippen molar-refractivity contribution in [1.82, 2.24) is 63.1 Å². The predicted molar refractivity (Wildman–Crippen MR) is 306 cm³/mol. The normalized spacial score (nSPS) is 25.1. The number of aliphatic carboxylic acids is 1. The molecule has 0 radical (unpaired) electrons. The number of nitrogens with zero attached hydrogens (tertiary/aromatic N) is 2. The van der Waals surface area contributed by atoms with Crippen molar-refractivity contribution in [2.75, 3.05) is 25.1 Å². The number of amides is 11. The van der Waals surface area contributed by atoms with E-state index in [1.54, 1.807) is 20.1 Å². The lowest BCUT2D eigenvalue weighted by molar-refractivity contribution is -0.139. The number of rotatable bonds is 19. The van der Waals surface area contributed by atoms with E-state index in [9.17, 15) is 67.7 Å². The number of aliphatic imine (C=N–C) groups is 1. The Labute approximate surface area is 487 Å². The lowest BCUT2D eigenvalue weighted by Crippen LogP contribution is -2.61. The molecule has 1 aliphatic heterocycles. The van der Waals surface area contributed by atoms with E-state index in [2.05, 4.69) is 68.1 Å². The van der Waals surface area contributed by atoms with Crippen LogP contribution in [0.4, 0.5) is 0 Å². The number of aromatic amines is 1. The van der Waals surface area contributed by atoms with Crippen molar-refractivity contribution in [3.05, 3.63) is 18.2 Å². The molecule has 1 aromatic heterocycles. The topological polar surface area (TPSA) is 485 Å². The maximum atomic E-state index is 14.3. The molecule has 2 heterocycles. The van der Waals surface area contributed by atoms with Gasteiger partial charge in [-0.1, -0.05) is 47.0 Å². The highest BCUT2D eigenvalue weighted by Gasteiger charge is 2.37. The van der Waals surface area contributed by atoms with Crippen LogP contribution in [0.2, 0.25) is 0 Å². The average molecular weight is 1190 g/mol. The molecule has 19 N–H and O–H groups in total. The van der Waals surface area contributed by atoms with Crippen LogP contribution in [0.1, 0.15) is 131 Å². The van der Waals surface area contributed by atoms with Gasteiger partial charge in [0.2, 0.25) is 65.0 Å². The Morgan fingerprint density at radius 2 is 1.23 bits per heavy atom. The van der Waals surface area contributed by atoms with Gasteiger partial charge in [0.25, 0.3) is 0 Å². The third-order valence-electron chi connectivity index (χ3n) is 13.3. The Balaban J connectivity index is 2.68. The second kappa shape index (κ2) is 37.5. The zero-order valence-corrected chi connectivity index (χ0v) is 49.2. The number of hydrogen-bond donors (Lipinski definition) is 16. The number of aliphatic hydroxyl groups excluding tert-OH is 1. The molecule has 31 heteroatoms. The molecule has 0 spiro atoms. The van der Waals surface area contributed by atoms with Gasteiger partial charge in [0.15, 0.2) is 5.96 Å². The number of hydrogen-bond acceptors (Lipinski definition) is 16. The fraction of sp³-hybridized carbons (Fsp3) is 0.692. The first kappa shape index (κ1) is 71.5. The molecule has 83 heavy (non-hydrogen) atoms. The number of aromatic nitrogens is 2. The number of H-pyrrole nitrogens is 1. The van der Waals surface area contributed by atoms with Gasteiger partial charge >= 0.3 is 5.97 Å². The summed E-state index contributed by atoms with van der Waals surface area (Å²) in [5.41, 5.74) is 16.9. The van der Waals surface area contributed by atoms with Gasteiger partial charge in [-0.05, 0) is 82.6 Å². The average Bonchev–Trinajstić information content (AvgIpc) is 3.99. The van der Waals surface area contributed by atoms with Gasteiger partial charge in [-0.15, -0.1) is 0 Å². The number of carboxylic acid groups (broad SMARTS) is 1. The van der Waals surface area contributed by atoms with Gasteiger partial charge in [-0.2, -0.15) is 11.8 Å². The first-order chi connectivity index (χ1) is 39.2. The Morgan fingerprint density at radius 3 is 1.81 bits per heavy atom. The highest BCUT2D eigenvalue weighted by molar-refractivity contribution is 7.98. The molecule has 1 aromatic rings. The number of nitrogens with two attached hydrogens (primary N) is 3. The molecule has 1 fully saturated rings. The van der Waals surface area contributed by atoms with Gasteiger partial charge in [0.1, 0.15) is 54.4 Å². The summed E-state index contributed by atoms with van der Waals surface area (Å²) >= 11 is 1.32. The van der Waals surface area contributed by atoms with Gasteiger partial charge in [0, 0.05) is 44.2 Å². The summed E-state index contributed by atoms with van der Waals surface area (Å²) in [6.45, 7) is 9.71. The zero-order chi connectivity index (χ0) is 62.3. The van der Waals surface area contributed by atoms with Crippen LogP contribution in [0.5, 0.6) is 0 Å². The molecule has 1 saturated heterocycles. The largest absolute Gasteiger partial charge is 0.481 e. The first-order valence-electron chi connectivity index (χ1n) is 27.9. The summed E-state index contributed by atoms with van der Waals surface area (Å²) in [7, 11) is 0. The number of carbonyl (C=O) groups is 12. The van der Waals surface area contributed by atoms with Crippen LogP contribution in [-0.2, 0) is 64.0 Å². The summed E-state index contributed by atoms with van der Waals surface area (Å²) in [5, 5.41) is 45.9. The summed E-state index contributed by atoms with van der Waals surface area (Å²) in [6, 6.07) is -13.0. The number of carboxylic acids is 1. The van der Waals surface area contributed by atoms with Gasteiger partial charge in [0.05, 0.1) is 18.9 Å². The molecule has 11 atom stereocenters. The molecule has 0 aliphatic carbocycles. The van der Waals surface area contributed by atoms with Crippen LogP contribution in [0.25, 0.3) is 0 Å². The number of thioether (sulfide) groups is 1. The van der Waals surface area contributed by atoms with E-state index in [-0.39, 0.29) is 63.5 Å². The highest BCUT2D eigenvalue weighted by Crippen LogP contribution is 2.14. The fourth-order valence-electron chi connectivity index (χ4n) is 8.47. The molecule has 0 bridgehead atoms. The summed E-state index contributed by atoms with van der Waals surface area (Å²) in [5.74, 6) is -11.6. The van der Waals surface area contributed by atoms with Crippen LogP contribution in [0.3, 0.4) is 0 Å². The van der Waals surface area contributed by atoms with Crippen LogP contribution in [-0.4, -0.2) is 183 Å².